The van der Waals surface area contributed by atoms with E-state index in [1.807, 2.05) is 0 Å². The molecule has 2 aromatic heterocycles. The molecular weight excluding hydrogens is 398 g/mol. The molecule has 0 bridgehead atoms. The van der Waals surface area contributed by atoms with Crippen LogP contribution in [0.3, 0.4) is 0 Å². The molecule has 11 heteroatoms. The highest BCUT2D eigenvalue weighted by Gasteiger charge is 2.19. The SMILES string of the molecule is CCOc1cc(C(=O)Nc2ccc(S(=O)(=O)Nc3onc(C)c3C)cc2)ncn1. The molecular formula is C18H19N5O5S. The van der Waals surface area contributed by atoms with Crippen LogP contribution in [0.15, 0.2) is 46.1 Å². The van der Waals surface area contributed by atoms with Crippen LogP contribution in [0.25, 0.3) is 0 Å². The fraction of sp³-hybridized carbons (Fsp3) is 0.222. The molecule has 0 radical (unpaired) electrons. The molecule has 152 valence electrons. The molecule has 0 unspecified atom stereocenters. The first kappa shape index (κ1) is 20.3. The number of amides is 1. The van der Waals surface area contributed by atoms with Gasteiger partial charge in [-0.2, -0.15) is 0 Å². The van der Waals surface area contributed by atoms with Crippen molar-refractivity contribution in [2.24, 2.45) is 0 Å². The van der Waals surface area contributed by atoms with Gasteiger partial charge in [0.25, 0.3) is 15.9 Å². The summed E-state index contributed by atoms with van der Waals surface area (Å²) in [7, 11) is -3.87. The van der Waals surface area contributed by atoms with Crippen LogP contribution in [-0.4, -0.2) is 36.1 Å². The van der Waals surface area contributed by atoms with Gasteiger partial charge in [0.05, 0.1) is 17.2 Å². The van der Waals surface area contributed by atoms with Crippen LogP contribution >= 0.6 is 0 Å². The maximum atomic E-state index is 12.5. The predicted molar refractivity (Wildman–Crippen MR) is 104 cm³/mol. The van der Waals surface area contributed by atoms with Crippen molar-refractivity contribution in [3.63, 3.8) is 0 Å². The van der Waals surface area contributed by atoms with Crippen LogP contribution in [0.5, 0.6) is 5.88 Å². The molecule has 3 aromatic rings. The van der Waals surface area contributed by atoms with Gasteiger partial charge < -0.3 is 14.6 Å². The molecule has 0 aliphatic heterocycles. The van der Waals surface area contributed by atoms with Crippen LogP contribution in [-0.2, 0) is 10.0 Å². The van der Waals surface area contributed by atoms with Gasteiger partial charge in [-0.1, -0.05) is 5.16 Å². The van der Waals surface area contributed by atoms with E-state index >= 15 is 0 Å². The van der Waals surface area contributed by atoms with Crippen molar-refractivity contribution in [2.75, 3.05) is 16.6 Å². The lowest BCUT2D eigenvalue weighted by molar-refractivity contribution is 0.102. The van der Waals surface area contributed by atoms with Crippen molar-refractivity contribution in [2.45, 2.75) is 25.7 Å². The topological polar surface area (TPSA) is 136 Å². The number of benzene rings is 1. The Balaban J connectivity index is 1.72. The van der Waals surface area contributed by atoms with E-state index in [0.29, 0.717) is 23.6 Å². The number of nitrogens with one attached hydrogen (secondary N) is 2. The minimum absolute atomic E-state index is 0.00428. The zero-order chi connectivity index (χ0) is 21.0. The first-order valence-electron chi connectivity index (χ1n) is 8.62. The van der Waals surface area contributed by atoms with Crippen molar-refractivity contribution in [3.8, 4) is 5.88 Å². The van der Waals surface area contributed by atoms with Crippen molar-refractivity contribution in [1.82, 2.24) is 15.1 Å². The first-order valence-corrected chi connectivity index (χ1v) is 10.1. The Morgan fingerprint density at radius 3 is 2.52 bits per heavy atom. The van der Waals surface area contributed by atoms with Crippen molar-refractivity contribution >= 4 is 27.5 Å². The van der Waals surface area contributed by atoms with Crippen LogP contribution in [0.4, 0.5) is 11.6 Å². The van der Waals surface area contributed by atoms with Crippen LogP contribution in [0, 0.1) is 13.8 Å². The number of sulfonamides is 1. The Hall–Kier alpha value is -3.47. The van der Waals surface area contributed by atoms with Gasteiger partial charge in [0, 0.05) is 17.3 Å². The number of rotatable bonds is 7. The number of anilines is 2. The highest BCUT2D eigenvalue weighted by Crippen LogP contribution is 2.22. The standard InChI is InChI=1S/C18H19N5O5S/c1-4-27-16-9-15(19-10-20-16)17(24)21-13-5-7-14(8-6-13)29(25,26)23-18-11(2)12(3)22-28-18/h5-10,23H,4H2,1-3H3,(H,21,24). The lowest BCUT2D eigenvalue weighted by atomic mass is 10.3. The zero-order valence-electron chi connectivity index (χ0n) is 16.0. The number of carbonyl (C=O) groups is 1. The summed E-state index contributed by atoms with van der Waals surface area (Å²) in [5, 5.41) is 6.36. The second kappa shape index (κ2) is 8.27. The van der Waals surface area contributed by atoms with Crippen LogP contribution < -0.4 is 14.8 Å². The molecule has 0 spiro atoms. The minimum Gasteiger partial charge on any atom is -0.478 e. The van der Waals surface area contributed by atoms with Gasteiger partial charge in [0.1, 0.15) is 12.0 Å². The Bertz CT molecular complexity index is 1130. The van der Waals surface area contributed by atoms with E-state index in [1.54, 1.807) is 20.8 Å². The number of aromatic nitrogens is 3. The number of aryl methyl sites for hydroxylation is 1. The molecule has 0 saturated heterocycles. The van der Waals surface area contributed by atoms with E-state index in [9.17, 15) is 13.2 Å². The quantitative estimate of drug-likeness (QED) is 0.598. The summed E-state index contributed by atoms with van der Waals surface area (Å²) < 4.78 is 37.6. The number of ether oxygens (including phenoxy) is 1. The summed E-state index contributed by atoms with van der Waals surface area (Å²) in [6.07, 6.45) is 1.23. The smallest absolute Gasteiger partial charge is 0.274 e. The Morgan fingerprint density at radius 2 is 1.90 bits per heavy atom. The van der Waals surface area contributed by atoms with Crippen molar-refractivity contribution < 1.29 is 22.5 Å². The van der Waals surface area contributed by atoms with E-state index in [0.717, 1.165) is 0 Å². The van der Waals surface area contributed by atoms with Crippen molar-refractivity contribution in [3.05, 3.63) is 53.6 Å². The Morgan fingerprint density at radius 1 is 1.17 bits per heavy atom. The van der Waals surface area contributed by atoms with E-state index < -0.39 is 15.9 Å². The zero-order valence-corrected chi connectivity index (χ0v) is 16.8. The number of hydrogen-bond donors (Lipinski definition) is 2. The fourth-order valence-electron chi connectivity index (χ4n) is 2.29. The number of nitrogens with zero attached hydrogens (tertiary/aromatic N) is 3. The van der Waals surface area contributed by atoms with E-state index in [2.05, 4.69) is 25.2 Å². The molecule has 0 aliphatic carbocycles. The summed E-state index contributed by atoms with van der Waals surface area (Å²) in [5.41, 5.74) is 1.72. The van der Waals surface area contributed by atoms with Gasteiger partial charge in [-0.25, -0.2) is 23.1 Å². The molecule has 0 fully saturated rings. The average Bonchev–Trinajstić information content (AvgIpc) is 3.00. The number of carbonyl (C=O) groups excluding carboxylic acids is 1. The average molecular weight is 417 g/mol. The summed E-state index contributed by atoms with van der Waals surface area (Å²) >= 11 is 0. The molecule has 10 nitrogen and oxygen atoms in total. The minimum atomic E-state index is -3.87. The third kappa shape index (κ3) is 4.69. The maximum Gasteiger partial charge on any atom is 0.274 e. The van der Waals surface area contributed by atoms with Gasteiger partial charge in [0.2, 0.25) is 11.8 Å². The fourth-order valence-corrected chi connectivity index (χ4v) is 3.34. The van der Waals surface area contributed by atoms with E-state index in [1.165, 1.54) is 36.7 Å². The van der Waals surface area contributed by atoms with Gasteiger partial charge in [0.15, 0.2) is 0 Å². The normalized spacial score (nSPS) is 11.1. The maximum absolute atomic E-state index is 12.5. The Labute approximate surface area is 167 Å². The van der Waals surface area contributed by atoms with Crippen LogP contribution in [0.2, 0.25) is 0 Å². The summed E-state index contributed by atoms with van der Waals surface area (Å²) in [4.78, 5) is 20.1. The second-order valence-corrected chi connectivity index (χ2v) is 7.66. The molecule has 1 amide bonds. The lowest BCUT2D eigenvalue weighted by Crippen LogP contribution is -2.15. The molecule has 3 rings (SSSR count). The molecule has 1 aromatic carbocycles. The summed E-state index contributed by atoms with van der Waals surface area (Å²) in [5.74, 6) is -0.123. The van der Waals surface area contributed by atoms with Gasteiger partial charge in [-0.3, -0.25) is 4.79 Å². The van der Waals surface area contributed by atoms with E-state index in [4.69, 9.17) is 9.26 Å². The van der Waals surface area contributed by atoms with Crippen molar-refractivity contribution in [1.29, 1.82) is 0 Å². The largest absolute Gasteiger partial charge is 0.478 e. The molecule has 2 heterocycles. The van der Waals surface area contributed by atoms with Gasteiger partial charge >= 0.3 is 0 Å². The Kier molecular flexibility index (Phi) is 5.78. The monoisotopic (exact) mass is 417 g/mol. The third-order valence-corrected chi connectivity index (χ3v) is 5.32. The molecule has 0 atom stereocenters. The molecule has 2 N–H and O–H groups in total. The lowest BCUT2D eigenvalue weighted by Gasteiger charge is -2.08. The predicted octanol–water partition coefficient (Wildman–Crippen LogP) is 2.53. The van der Waals surface area contributed by atoms with Gasteiger partial charge in [-0.15, -0.1) is 0 Å². The highest BCUT2D eigenvalue weighted by atomic mass is 32.2. The van der Waals surface area contributed by atoms with Crippen LogP contribution in [0.1, 0.15) is 28.7 Å². The first-order chi connectivity index (χ1) is 13.8. The second-order valence-electron chi connectivity index (χ2n) is 5.98. The van der Waals surface area contributed by atoms with Gasteiger partial charge in [-0.05, 0) is 45.0 Å². The summed E-state index contributed by atoms with van der Waals surface area (Å²) in [6.45, 7) is 5.63. The molecule has 0 aliphatic rings. The summed E-state index contributed by atoms with van der Waals surface area (Å²) in [6, 6.07) is 7.08. The number of hydrogen-bond acceptors (Lipinski definition) is 8. The molecule has 0 saturated carbocycles. The molecule has 29 heavy (non-hydrogen) atoms. The highest BCUT2D eigenvalue weighted by molar-refractivity contribution is 7.92. The third-order valence-electron chi connectivity index (χ3n) is 3.97. The van der Waals surface area contributed by atoms with E-state index in [-0.39, 0.29) is 22.4 Å².